The van der Waals surface area contributed by atoms with Gasteiger partial charge in [-0.1, -0.05) is 15.9 Å². The fourth-order valence-corrected chi connectivity index (χ4v) is 2.65. The van der Waals surface area contributed by atoms with Gasteiger partial charge in [-0.05, 0) is 42.5 Å². The average Bonchev–Trinajstić information content (AvgIpc) is 2.48. The smallest absolute Gasteiger partial charge is 0.237 e. The molecular weight excluding hydrogens is 327 g/mol. The van der Waals surface area contributed by atoms with Crippen molar-refractivity contribution in [1.29, 1.82) is 0 Å². The van der Waals surface area contributed by atoms with Crippen LogP contribution in [0.4, 0.5) is 4.39 Å². The molecule has 0 aliphatic carbocycles. The minimum absolute atomic E-state index is 0.153. The standard InChI is InChI=1S/C14H18BrFN2O2/c15-12-2-1-11(16)7-10(12)8-18-14(19)13(17)9-3-5-20-6-4-9/h1-2,7,9,13H,3-6,8,17H2,(H,18,19). The summed E-state index contributed by atoms with van der Waals surface area (Å²) >= 11 is 3.33. The number of halogens is 2. The van der Waals surface area contributed by atoms with Gasteiger partial charge in [0.25, 0.3) is 0 Å². The second-order valence-corrected chi connectivity index (χ2v) is 5.78. The van der Waals surface area contributed by atoms with Crippen molar-refractivity contribution in [3.63, 3.8) is 0 Å². The summed E-state index contributed by atoms with van der Waals surface area (Å²) in [5.74, 6) is -0.376. The third-order valence-electron chi connectivity index (χ3n) is 3.54. The van der Waals surface area contributed by atoms with E-state index in [-0.39, 0.29) is 24.2 Å². The number of hydrogen-bond acceptors (Lipinski definition) is 3. The van der Waals surface area contributed by atoms with Gasteiger partial charge in [-0.2, -0.15) is 0 Å². The molecule has 1 atom stereocenters. The SMILES string of the molecule is NC(C(=O)NCc1cc(F)ccc1Br)C1CCOCC1. The van der Waals surface area contributed by atoms with E-state index in [2.05, 4.69) is 21.2 Å². The largest absolute Gasteiger partial charge is 0.381 e. The van der Waals surface area contributed by atoms with Gasteiger partial charge in [-0.3, -0.25) is 4.79 Å². The van der Waals surface area contributed by atoms with Crippen LogP contribution in [0.5, 0.6) is 0 Å². The summed E-state index contributed by atoms with van der Waals surface area (Å²) < 4.78 is 19.2. The van der Waals surface area contributed by atoms with E-state index >= 15 is 0 Å². The monoisotopic (exact) mass is 344 g/mol. The number of hydrogen-bond donors (Lipinski definition) is 2. The Hall–Kier alpha value is -0.980. The molecule has 1 aromatic carbocycles. The van der Waals surface area contributed by atoms with E-state index in [0.717, 1.165) is 17.3 Å². The Kier molecular flexibility index (Phi) is 5.51. The summed E-state index contributed by atoms with van der Waals surface area (Å²) in [4.78, 5) is 12.0. The second kappa shape index (κ2) is 7.15. The molecule has 0 bridgehead atoms. The lowest BCUT2D eigenvalue weighted by molar-refractivity contribution is -0.124. The molecule has 2 rings (SSSR count). The molecule has 6 heteroatoms. The molecule has 1 unspecified atom stereocenters. The van der Waals surface area contributed by atoms with Gasteiger partial charge in [-0.15, -0.1) is 0 Å². The van der Waals surface area contributed by atoms with Gasteiger partial charge in [0.15, 0.2) is 0 Å². The van der Waals surface area contributed by atoms with Gasteiger partial charge >= 0.3 is 0 Å². The average molecular weight is 345 g/mol. The first-order valence-corrected chi connectivity index (χ1v) is 7.42. The summed E-state index contributed by atoms with van der Waals surface area (Å²) in [7, 11) is 0. The van der Waals surface area contributed by atoms with E-state index in [1.165, 1.54) is 12.1 Å². The summed E-state index contributed by atoms with van der Waals surface area (Å²) in [5, 5.41) is 2.76. The van der Waals surface area contributed by atoms with Crippen LogP contribution in [0.3, 0.4) is 0 Å². The maximum absolute atomic E-state index is 13.1. The van der Waals surface area contributed by atoms with Crippen LogP contribution in [-0.2, 0) is 16.1 Å². The zero-order valence-corrected chi connectivity index (χ0v) is 12.7. The molecule has 20 heavy (non-hydrogen) atoms. The van der Waals surface area contributed by atoms with Crippen molar-refractivity contribution in [3.8, 4) is 0 Å². The van der Waals surface area contributed by atoms with Crippen molar-refractivity contribution in [1.82, 2.24) is 5.32 Å². The fraction of sp³-hybridized carbons (Fsp3) is 0.500. The zero-order chi connectivity index (χ0) is 14.5. The van der Waals surface area contributed by atoms with Crippen LogP contribution in [0.2, 0.25) is 0 Å². The quantitative estimate of drug-likeness (QED) is 0.877. The highest BCUT2D eigenvalue weighted by atomic mass is 79.9. The minimum Gasteiger partial charge on any atom is -0.381 e. The number of ether oxygens (including phenoxy) is 1. The van der Waals surface area contributed by atoms with Gasteiger partial charge in [0, 0.05) is 24.2 Å². The number of nitrogens with two attached hydrogens (primary N) is 1. The Labute approximate surface area is 126 Å². The first kappa shape index (κ1) is 15.4. The van der Waals surface area contributed by atoms with Gasteiger partial charge in [0.1, 0.15) is 5.82 Å². The van der Waals surface area contributed by atoms with Gasteiger partial charge in [0.05, 0.1) is 6.04 Å². The van der Waals surface area contributed by atoms with E-state index in [1.807, 2.05) is 0 Å². The molecule has 1 amide bonds. The summed E-state index contributed by atoms with van der Waals surface area (Å²) in [6.07, 6.45) is 1.61. The lowest BCUT2D eigenvalue weighted by Gasteiger charge is -2.26. The van der Waals surface area contributed by atoms with E-state index in [0.29, 0.717) is 18.8 Å². The van der Waals surface area contributed by atoms with Gasteiger partial charge in [-0.25, -0.2) is 4.39 Å². The van der Waals surface area contributed by atoms with Crippen molar-refractivity contribution >= 4 is 21.8 Å². The number of rotatable bonds is 4. The molecule has 1 aliphatic heterocycles. The van der Waals surface area contributed by atoms with Crippen LogP contribution >= 0.6 is 15.9 Å². The zero-order valence-electron chi connectivity index (χ0n) is 11.1. The Balaban J connectivity index is 1.89. The fourth-order valence-electron chi connectivity index (χ4n) is 2.27. The van der Waals surface area contributed by atoms with Crippen LogP contribution in [0.25, 0.3) is 0 Å². The van der Waals surface area contributed by atoms with Crippen LogP contribution in [-0.4, -0.2) is 25.2 Å². The highest BCUT2D eigenvalue weighted by molar-refractivity contribution is 9.10. The molecular formula is C14H18BrFN2O2. The Morgan fingerprint density at radius 1 is 1.50 bits per heavy atom. The third kappa shape index (κ3) is 4.01. The summed E-state index contributed by atoms with van der Waals surface area (Å²) in [5.41, 5.74) is 6.66. The molecule has 0 spiro atoms. The van der Waals surface area contributed by atoms with Gasteiger partial charge in [0.2, 0.25) is 5.91 Å². The normalized spacial score (nSPS) is 17.8. The highest BCUT2D eigenvalue weighted by Crippen LogP contribution is 2.19. The third-order valence-corrected chi connectivity index (χ3v) is 4.31. The van der Waals surface area contributed by atoms with E-state index in [9.17, 15) is 9.18 Å². The molecule has 1 aromatic rings. The van der Waals surface area contributed by atoms with E-state index in [1.54, 1.807) is 6.07 Å². The molecule has 0 aromatic heterocycles. The number of carbonyl (C=O) groups excluding carboxylic acids is 1. The van der Waals surface area contributed by atoms with E-state index in [4.69, 9.17) is 10.5 Å². The van der Waals surface area contributed by atoms with Crippen molar-refractivity contribution in [2.45, 2.75) is 25.4 Å². The predicted molar refractivity (Wildman–Crippen MR) is 77.5 cm³/mol. The van der Waals surface area contributed by atoms with Crippen LogP contribution in [0, 0.1) is 11.7 Å². The molecule has 1 saturated heterocycles. The van der Waals surface area contributed by atoms with Gasteiger partial charge < -0.3 is 15.8 Å². The Bertz CT molecular complexity index is 478. The predicted octanol–water partition coefficient (Wildman–Crippen LogP) is 1.96. The molecule has 0 radical (unpaired) electrons. The second-order valence-electron chi connectivity index (χ2n) is 4.93. The first-order valence-electron chi connectivity index (χ1n) is 6.63. The minimum atomic E-state index is -0.536. The summed E-state index contributed by atoms with van der Waals surface area (Å²) in [6.45, 7) is 1.57. The van der Waals surface area contributed by atoms with Crippen LogP contribution in [0.1, 0.15) is 18.4 Å². The summed E-state index contributed by atoms with van der Waals surface area (Å²) in [6, 6.07) is 3.84. The Morgan fingerprint density at radius 2 is 2.20 bits per heavy atom. The molecule has 4 nitrogen and oxygen atoms in total. The molecule has 1 aliphatic rings. The maximum atomic E-state index is 13.1. The van der Waals surface area contributed by atoms with Crippen molar-refractivity contribution in [3.05, 3.63) is 34.1 Å². The number of benzene rings is 1. The molecule has 1 heterocycles. The molecule has 3 N–H and O–H groups in total. The molecule has 1 fully saturated rings. The van der Waals surface area contributed by atoms with Crippen LogP contribution in [0.15, 0.2) is 22.7 Å². The van der Waals surface area contributed by atoms with Crippen molar-refractivity contribution < 1.29 is 13.9 Å². The molecule has 110 valence electrons. The first-order chi connectivity index (χ1) is 9.58. The number of carbonyl (C=O) groups is 1. The van der Waals surface area contributed by atoms with E-state index < -0.39 is 6.04 Å². The number of nitrogens with one attached hydrogen (secondary N) is 1. The highest BCUT2D eigenvalue weighted by Gasteiger charge is 2.26. The van der Waals surface area contributed by atoms with Crippen LogP contribution < -0.4 is 11.1 Å². The van der Waals surface area contributed by atoms with Crippen molar-refractivity contribution in [2.75, 3.05) is 13.2 Å². The number of amides is 1. The Morgan fingerprint density at radius 3 is 2.90 bits per heavy atom. The van der Waals surface area contributed by atoms with Crippen molar-refractivity contribution in [2.24, 2.45) is 11.7 Å². The lowest BCUT2D eigenvalue weighted by Crippen LogP contribution is -2.46. The lowest BCUT2D eigenvalue weighted by atomic mass is 9.92. The maximum Gasteiger partial charge on any atom is 0.237 e. The molecule has 0 saturated carbocycles. The topological polar surface area (TPSA) is 64.4 Å².